The summed E-state index contributed by atoms with van der Waals surface area (Å²) in [6.45, 7) is 9.97. The van der Waals surface area contributed by atoms with Crippen molar-refractivity contribution >= 4 is 22.7 Å². The number of nitrogen functional groups attached to an aromatic ring is 2. The van der Waals surface area contributed by atoms with Crippen LogP contribution in [0.25, 0.3) is 0 Å². The van der Waals surface area contributed by atoms with Gasteiger partial charge in [0.2, 0.25) is 0 Å². The third-order valence-electron chi connectivity index (χ3n) is 4.41. The lowest BCUT2D eigenvalue weighted by Crippen LogP contribution is -2.15. The molecule has 2 aromatic rings. The zero-order valence-corrected chi connectivity index (χ0v) is 13.9. The van der Waals surface area contributed by atoms with Crippen LogP contribution in [0.1, 0.15) is 22.3 Å². The van der Waals surface area contributed by atoms with Gasteiger partial charge in [-0.1, -0.05) is 0 Å². The first-order valence-electron chi connectivity index (χ1n) is 7.61. The maximum atomic E-state index is 5.91. The van der Waals surface area contributed by atoms with E-state index in [9.17, 15) is 0 Å². The van der Waals surface area contributed by atoms with Gasteiger partial charge in [0, 0.05) is 35.8 Å². The highest BCUT2D eigenvalue weighted by Gasteiger charge is 2.05. The van der Waals surface area contributed by atoms with Crippen LogP contribution in [-0.2, 0) is 0 Å². The van der Waals surface area contributed by atoms with Gasteiger partial charge in [0.25, 0.3) is 0 Å². The van der Waals surface area contributed by atoms with Crippen molar-refractivity contribution in [2.75, 3.05) is 35.2 Å². The summed E-state index contributed by atoms with van der Waals surface area (Å²) in [6.07, 6.45) is 0. The maximum Gasteiger partial charge on any atom is 0.0374 e. The summed E-state index contributed by atoms with van der Waals surface area (Å²) in [7, 11) is 0. The molecule has 0 heterocycles. The molecule has 0 saturated heterocycles. The lowest BCUT2D eigenvalue weighted by Gasteiger charge is -2.16. The third kappa shape index (κ3) is 3.27. The summed E-state index contributed by atoms with van der Waals surface area (Å²) in [4.78, 5) is 0. The minimum Gasteiger partial charge on any atom is -0.399 e. The largest absolute Gasteiger partial charge is 0.399 e. The number of anilines is 4. The first kappa shape index (κ1) is 16.0. The summed E-state index contributed by atoms with van der Waals surface area (Å²) < 4.78 is 0. The number of nitrogens with one attached hydrogen (secondary N) is 2. The molecule has 6 N–H and O–H groups in total. The Morgan fingerprint density at radius 2 is 1.00 bits per heavy atom. The summed E-state index contributed by atoms with van der Waals surface area (Å²) in [5, 5.41) is 6.91. The van der Waals surface area contributed by atoms with Crippen molar-refractivity contribution in [1.29, 1.82) is 0 Å². The number of nitrogens with two attached hydrogens (primary N) is 2. The molecule has 0 fully saturated rings. The smallest absolute Gasteiger partial charge is 0.0374 e. The van der Waals surface area contributed by atoms with Crippen LogP contribution in [0.3, 0.4) is 0 Å². The molecule has 4 nitrogen and oxygen atoms in total. The molecule has 22 heavy (non-hydrogen) atoms. The Labute approximate surface area is 132 Å². The molecule has 0 saturated carbocycles. The Bertz CT molecular complexity index is 618. The van der Waals surface area contributed by atoms with Crippen LogP contribution < -0.4 is 22.1 Å². The highest BCUT2D eigenvalue weighted by atomic mass is 15.0. The van der Waals surface area contributed by atoms with Gasteiger partial charge >= 0.3 is 0 Å². The number of hydrogen-bond donors (Lipinski definition) is 4. The average molecular weight is 298 g/mol. The van der Waals surface area contributed by atoms with Crippen LogP contribution in [0, 0.1) is 27.7 Å². The molecule has 0 atom stereocenters. The van der Waals surface area contributed by atoms with Crippen LogP contribution >= 0.6 is 0 Å². The maximum absolute atomic E-state index is 5.91. The fourth-order valence-corrected chi connectivity index (χ4v) is 2.46. The van der Waals surface area contributed by atoms with Gasteiger partial charge in [0.05, 0.1) is 0 Å². The normalized spacial score (nSPS) is 10.5. The quantitative estimate of drug-likeness (QED) is 0.502. The molecule has 0 amide bonds. The van der Waals surface area contributed by atoms with Gasteiger partial charge in [-0.3, -0.25) is 0 Å². The predicted molar refractivity (Wildman–Crippen MR) is 97.6 cm³/mol. The van der Waals surface area contributed by atoms with Crippen molar-refractivity contribution in [2.45, 2.75) is 27.7 Å². The van der Waals surface area contributed by atoms with Crippen molar-refractivity contribution in [3.8, 4) is 0 Å². The first-order chi connectivity index (χ1) is 10.4. The molecule has 2 rings (SSSR count). The molecule has 0 unspecified atom stereocenters. The molecule has 0 aromatic heterocycles. The Morgan fingerprint density at radius 3 is 1.36 bits per heavy atom. The number of benzene rings is 2. The summed E-state index contributed by atoms with van der Waals surface area (Å²) >= 11 is 0. The summed E-state index contributed by atoms with van der Waals surface area (Å²) in [5.74, 6) is 0. The van der Waals surface area contributed by atoms with Gasteiger partial charge in [-0.25, -0.2) is 0 Å². The number of rotatable bonds is 5. The second-order valence-corrected chi connectivity index (χ2v) is 5.76. The van der Waals surface area contributed by atoms with Gasteiger partial charge in [-0.15, -0.1) is 0 Å². The molecule has 0 aliphatic rings. The van der Waals surface area contributed by atoms with Crippen molar-refractivity contribution < 1.29 is 0 Å². The van der Waals surface area contributed by atoms with Gasteiger partial charge in [-0.05, 0) is 74.2 Å². The average Bonchev–Trinajstić information content (AvgIpc) is 2.50. The monoisotopic (exact) mass is 298 g/mol. The Balaban J connectivity index is 1.93. The van der Waals surface area contributed by atoms with Crippen molar-refractivity contribution in [3.63, 3.8) is 0 Å². The topological polar surface area (TPSA) is 76.1 Å². The summed E-state index contributed by atoms with van der Waals surface area (Å²) in [6, 6.07) is 7.98. The minimum absolute atomic E-state index is 0.840. The van der Waals surface area contributed by atoms with Crippen LogP contribution in [0.15, 0.2) is 24.3 Å². The SMILES string of the molecule is Cc1c(N)ccc(NCCNc2ccc(N)c(C)c2C)c1C. The van der Waals surface area contributed by atoms with Crippen LogP contribution in [0.2, 0.25) is 0 Å². The molecule has 0 aliphatic carbocycles. The summed E-state index contributed by atoms with van der Waals surface area (Å²) in [5.41, 5.74) is 20.5. The standard InChI is InChI=1S/C18H26N4/c1-11-13(3)17(7-5-15(11)19)21-9-10-22-18-8-6-16(20)12(2)14(18)4/h5-8,21-22H,9-10,19-20H2,1-4H3. The fraction of sp³-hybridized carbons (Fsp3) is 0.333. The molecule has 0 bridgehead atoms. The molecule has 2 aromatic carbocycles. The van der Waals surface area contributed by atoms with E-state index in [0.717, 1.165) is 47.0 Å². The Hall–Kier alpha value is -2.36. The molecule has 0 spiro atoms. The van der Waals surface area contributed by atoms with Gasteiger partial charge < -0.3 is 22.1 Å². The zero-order valence-electron chi connectivity index (χ0n) is 13.9. The van der Waals surface area contributed by atoms with E-state index < -0.39 is 0 Å². The van der Waals surface area contributed by atoms with Crippen molar-refractivity contribution in [3.05, 3.63) is 46.5 Å². The van der Waals surface area contributed by atoms with Crippen LogP contribution in [0.5, 0.6) is 0 Å². The first-order valence-corrected chi connectivity index (χ1v) is 7.61. The van der Waals surface area contributed by atoms with Gasteiger partial charge in [0.15, 0.2) is 0 Å². The van der Waals surface area contributed by atoms with Crippen molar-refractivity contribution in [2.24, 2.45) is 0 Å². The molecule has 4 heteroatoms. The third-order valence-corrected chi connectivity index (χ3v) is 4.41. The van der Waals surface area contributed by atoms with Gasteiger partial charge in [-0.2, -0.15) is 0 Å². The van der Waals surface area contributed by atoms with E-state index in [2.05, 4.69) is 38.3 Å². The van der Waals surface area contributed by atoms with E-state index in [1.165, 1.54) is 11.1 Å². The van der Waals surface area contributed by atoms with E-state index in [1.54, 1.807) is 0 Å². The van der Waals surface area contributed by atoms with Crippen molar-refractivity contribution in [1.82, 2.24) is 0 Å². The number of hydrogen-bond acceptors (Lipinski definition) is 4. The minimum atomic E-state index is 0.840. The lowest BCUT2D eigenvalue weighted by atomic mass is 10.1. The lowest BCUT2D eigenvalue weighted by molar-refractivity contribution is 1.07. The van der Waals surface area contributed by atoms with E-state index in [0.29, 0.717) is 0 Å². The zero-order chi connectivity index (χ0) is 16.3. The Morgan fingerprint density at radius 1 is 0.636 bits per heavy atom. The van der Waals surface area contributed by atoms with Crippen LogP contribution in [0.4, 0.5) is 22.7 Å². The van der Waals surface area contributed by atoms with Gasteiger partial charge in [0.1, 0.15) is 0 Å². The van der Waals surface area contributed by atoms with E-state index in [-0.39, 0.29) is 0 Å². The van der Waals surface area contributed by atoms with E-state index >= 15 is 0 Å². The second kappa shape index (κ2) is 6.60. The molecule has 118 valence electrons. The molecular formula is C18H26N4. The van der Waals surface area contributed by atoms with Crippen LogP contribution in [-0.4, -0.2) is 13.1 Å². The second-order valence-electron chi connectivity index (χ2n) is 5.76. The highest BCUT2D eigenvalue weighted by molar-refractivity contribution is 5.64. The predicted octanol–water partition coefficient (Wildman–Crippen LogP) is 3.61. The van der Waals surface area contributed by atoms with E-state index in [4.69, 9.17) is 11.5 Å². The Kier molecular flexibility index (Phi) is 4.81. The highest BCUT2D eigenvalue weighted by Crippen LogP contribution is 2.24. The molecular weight excluding hydrogens is 272 g/mol. The van der Waals surface area contributed by atoms with E-state index in [1.807, 2.05) is 24.3 Å². The molecule has 0 radical (unpaired) electrons. The molecule has 0 aliphatic heterocycles. The fourth-order valence-electron chi connectivity index (χ4n) is 2.46.